The quantitative estimate of drug-likeness (QED) is 0.748. The van der Waals surface area contributed by atoms with Gasteiger partial charge in [-0.1, -0.05) is 36.3 Å². The van der Waals surface area contributed by atoms with Crippen LogP contribution in [-0.2, 0) is 22.7 Å². The van der Waals surface area contributed by atoms with Crippen molar-refractivity contribution in [1.82, 2.24) is 24.8 Å². The van der Waals surface area contributed by atoms with Gasteiger partial charge in [0.1, 0.15) is 11.5 Å². The number of rotatable bonds is 5. The van der Waals surface area contributed by atoms with Gasteiger partial charge in [-0.05, 0) is 18.9 Å². The molecule has 0 radical (unpaired) electrons. The van der Waals surface area contributed by atoms with Crippen LogP contribution in [0.15, 0.2) is 30.5 Å². The number of aromatic nitrogens is 3. The van der Waals surface area contributed by atoms with Crippen LogP contribution in [0.25, 0.3) is 0 Å². The number of amides is 2. The number of nitrogens with zero attached hydrogens (tertiary/aromatic N) is 5. The van der Waals surface area contributed by atoms with Crippen molar-refractivity contribution >= 4 is 11.8 Å². The molecule has 0 N–H and O–H groups in total. The number of benzene rings is 1. The molecule has 0 atom stereocenters. The topological polar surface area (TPSA) is 71.3 Å². The maximum absolute atomic E-state index is 13.8. The Kier molecular flexibility index (Phi) is 4.87. The molecule has 0 unspecified atom stereocenters. The van der Waals surface area contributed by atoms with Crippen molar-refractivity contribution in [1.29, 1.82) is 0 Å². The molecule has 2 amide bonds. The van der Waals surface area contributed by atoms with Gasteiger partial charge < -0.3 is 9.80 Å². The van der Waals surface area contributed by atoms with E-state index in [1.807, 2.05) is 0 Å². The van der Waals surface area contributed by atoms with Crippen LogP contribution in [-0.4, -0.2) is 55.7 Å². The Balaban J connectivity index is 1.38. The average Bonchev–Trinajstić information content (AvgIpc) is 3.33. The second kappa shape index (κ2) is 7.46. The molecule has 4 rings (SSSR count). The number of hydrogen-bond donors (Lipinski definition) is 0. The normalized spacial score (nSPS) is 18.6. The van der Waals surface area contributed by atoms with E-state index in [0.717, 1.165) is 25.7 Å². The molecule has 1 aromatic carbocycles. The van der Waals surface area contributed by atoms with Gasteiger partial charge in [0.15, 0.2) is 0 Å². The van der Waals surface area contributed by atoms with Crippen LogP contribution in [0.1, 0.15) is 36.9 Å². The molecule has 8 heteroatoms. The van der Waals surface area contributed by atoms with Gasteiger partial charge in [-0.25, -0.2) is 9.07 Å². The molecule has 1 aromatic heterocycles. The van der Waals surface area contributed by atoms with Crippen molar-refractivity contribution in [2.24, 2.45) is 0 Å². The van der Waals surface area contributed by atoms with E-state index < -0.39 is 11.8 Å². The SMILES string of the molecule is O=C1C(=O)N(C2CCCC2)CCN1Cc1cn(Cc2ccccc2F)nn1. The fourth-order valence-corrected chi connectivity index (χ4v) is 3.89. The minimum absolute atomic E-state index is 0.213. The fraction of sp³-hybridized carbons (Fsp3) is 0.474. The number of halogens is 1. The molecule has 2 aliphatic rings. The van der Waals surface area contributed by atoms with E-state index in [1.165, 1.54) is 15.6 Å². The van der Waals surface area contributed by atoms with Crippen molar-refractivity contribution in [2.75, 3.05) is 13.1 Å². The smallest absolute Gasteiger partial charge is 0.312 e. The summed E-state index contributed by atoms with van der Waals surface area (Å²) in [4.78, 5) is 28.2. The molecule has 2 heterocycles. The summed E-state index contributed by atoms with van der Waals surface area (Å²) in [6.07, 6.45) is 5.91. The summed E-state index contributed by atoms with van der Waals surface area (Å²) in [5, 5.41) is 8.07. The highest BCUT2D eigenvalue weighted by Gasteiger charge is 2.37. The first-order valence-corrected chi connectivity index (χ1v) is 9.34. The Bertz CT molecular complexity index is 846. The Morgan fingerprint density at radius 3 is 2.59 bits per heavy atom. The Hall–Kier alpha value is -2.77. The number of hydrogen-bond acceptors (Lipinski definition) is 4. The molecular formula is C19H22FN5O2. The minimum Gasteiger partial charge on any atom is -0.330 e. The number of carbonyl (C=O) groups excluding carboxylic acids is 2. The lowest BCUT2D eigenvalue weighted by molar-refractivity contribution is -0.158. The summed E-state index contributed by atoms with van der Waals surface area (Å²) in [5.41, 5.74) is 1.10. The predicted molar refractivity (Wildman–Crippen MR) is 94.9 cm³/mol. The minimum atomic E-state index is -0.475. The maximum atomic E-state index is 13.8. The lowest BCUT2D eigenvalue weighted by Crippen LogP contribution is -2.56. The van der Waals surface area contributed by atoms with Gasteiger partial charge in [0, 0.05) is 24.7 Å². The van der Waals surface area contributed by atoms with E-state index in [-0.39, 0.29) is 24.9 Å². The van der Waals surface area contributed by atoms with E-state index in [9.17, 15) is 14.0 Å². The third-order valence-corrected chi connectivity index (χ3v) is 5.34. The van der Waals surface area contributed by atoms with Crippen molar-refractivity contribution in [3.63, 3.8) is 0 Å². The molecular weight excluding hydrogens is 349 g/mol. The maximum Gasteiger partial charge on any atom is 0.312 e. The van der Waals surface area contributed by atoms with Gasteiger partial charge in [-0.2, -0.15) is 0 Å². The molecule has 0 spiro atoms. The van der Waals surface area contributed by atoms with Crippen LogP contribution >= 0.6 is 0 Å². The second-order valence-electron chi connectivity index (χ2n) is 7.16. The van der Waals surface area contributed by atoms with E-state index in [2.05, 4.69) is 10.3 Å². The molecule has 1 saturated carbocycles. The molecule has 142 valence electrons. The molecule has 1 aliphatic carbocycles. The van der Waals surface area contributed by atoms with E-state index >= 15 is 0 Å². The van der Waals surface area contributed by atoms with Crippen LogP contribution < -0.4 is 0 Å². The lowest BCUT2D eigenvalue weighted by atomic mass is 10.1. The molecule has 27 heavy (non-hydrogen) atoms. The molecule has 1 saturated heterocycles. The van der Waals surface area contributed by atoms with Crippen molar-refractivity contribution in [3.05, 3.63) is 47.5 Å². The highest BCUT2D eigenvalue weighted by molar-refractivity contribution is 6.35. The Labute approximate surface area is 156 Å². The Morgan fingerprint density at radius 2 is 1.81 bits per heavy atom. The molecule has 7 nitrogen and oxygen atoms in total. The van der Waals surface area contributed by atoms with Crippen molar-refractivity contribution in [3.8, 4) is 0 Å². The third-order valence-electron chi connectivity index (χ3n) is 5.34. The fourth-order valence-electron chi connectivity index (χ4n) is 3.89. The lowest BCUT2D eigenvalue weighted by Gasteiger charge is -2.36. The second-order valence-corrected chi connectivity index (χ2v) is 7.16. The van der Waals surface area contributed by atoms with Crippen LogP contribution in [0.2, 0.25) is 0 Å². The standard InChI is InChI=1S/C19H22FN5O2/c20-17-8-4-1-5-14(17)11-24-13-15(21-22-24)12-23-9-10-25(19(27)18(23)26)16-6-2-3-7-16/h1,4-5,8,13,16H,2-3,6-7,9-12H2. The first-order valence-electron chi connectivity index (χ1n) is 9.34. The third kappa shape index (κ3) is 3.70. The Morgan fingerprint density at radius 1 is 1.04 bits per heavy atom. The average molecular weight is 371 g/mol. The summed E-state index contributed by atoms with van der Waals surface area (Å²) < 4.78 is 15.3. The largest absolute Gasteiger partial charge is 0.330 e. The first kappa shape index (κ1) is 17.6. The van der Waals surface area contributed by atoms with Gasteiger partial charge in [-0.15, -0.1) is 5.10 Å². The molecule has 1 aliphatic heterocycles. The van der Waals surface area contributed by atoms with Gasteiger partial charge >= 0.3 is 11.8 Å². The molecule has 2 fully saturated rings. The summed E-state index contributed by atoms with van der Waals surface area (Å²) >= 11 is 0. The van der Waals surface area contributed by atoms with E-state index in [4.69, 9.17) is 0 Å². The summed E-state index contributed by atoms with van der Waals surface area (Å²) in [5.74, 6) is -1.18. The highest BCUT2D eigenvalue weighted by atomic mass is 19.1. The molecule has 2 aromatic rings. The van der Waals surface area contributed by atoms with Gasteiger partial charge in [0.25, 0.3) is 0 Å². The monoisotopic (exact) mass is 371 g/mol. The molecule has 0 bridgehead atoms. The van der Waals surface area contributed by atoms with Gasteiger partial charge in [-0.3, -0.25) is 9.59 Å². The van der Waals surface area contributed by atoms with Crippen molar-refractivity contribution in [2.45, 2.75) is 44.8 Å². The zero-order valence-corrected chi connectivity index (χ0v) is 15.1. The zero-order valence-electron chi connectivity index (χ0n) is 15.1. The summed E-state index contributed by atoms with van der Waals surface area (Å²) in [6.45, 7) is 1.57. The zero-order chi connectivity index (χ0) is 18.8. The van der Waals surface area contributed by atoms with Crippen molar-refractivity contribution < 1.29 is 14.0 Å². The summed E-state index contributed by atoms with van der Waals surface area (Å²) in [6, 6.07) is 6.72. The van der Waals surface area contributed by atoms with Crippen LogP contribution in [0.5, 0.6) is 0 Å². The van der Waals surface area contributed by atoms with Gasteiger partial charge in [0.2, 0.25) is 0 Å². The van der Waals surface area contributed by atoms with E-state index in [1.54, 1.807) is 29.3 Å². The van der Waals surface area contributed by atoms with E-state index in [0.29, 0.717) is 24.3 Å². The predicted octanol–water partition coefficient (Wildman–Crippen LogP) is 1.58. The van der Waals surface area contributed by atoms with Crippen LogP contribution in [0.3, 0.4) is 0 Å². The summed E-state index contributed by atoms with van der Waals surface area (Å²) in [7, 11) is 0. The highest BCUT2D eigenvalue weighted by Crippen LogP contribution is 2.25. The van der Waals surface area contributed by atoms with Crippen LogP contribution in [0.4, 0.5) is 4.39 Å². The van der Waals surface area contributed by atoms with Gasteiger partial charge in [0.05, 0.1) is 19.3 Å². The number of carbonyl (C=O) groups is 2. The number of piperazine rings is 1. The van der Waals surface area contributed by atoms with Crippen LogP contribution in [0, 0.1) is 5.82 Å². The first-order chi connectivity index (χ1) is 13.1.